The topological polar surface area (TPSA) is 54.5 Å². The number of carbonyl (C=O) groups is 3. The van der Waals surface area contributed by atoms with Crippen molar-refractivity contribution in [1.82, 2.24) is 4.90 Å². The standard InChI is InChI=1S/C15H16ClNO3/c1-15(2)7-13(19)17(14(20)8-15)9-12(18)10-5-3-4-6-11(10)16/h3-6H,7-9H2,1-2H3. The van der Waals surface area contributed by atoms with Crippen molar-refractivity contribution in [3.8, 4) is 0 Å². The molecule has 1 aromatic carbocycles. The van der Waals surface area contributed by atoms with Crippen LogP contribution >= 0.6 is 11.6 Å². The molecule has 1 saturated heterocycles. The largest absolute Gasteiger partial charge is 0.292 e. The molecule has 0 aromatic heterocycles. The molecule has 106 valence electrons. The fraction of sp³-hybridized carbons (Fsp3) is 0.400. The Morgan fingerprint density at radius 3 is 2.30 bits per heavy atom. The number of benzene rings is 1. The number of piperidine rings is 1. The molecule has 1 fully saturated rings. The zero-order valence-corrected chi connectivity index (χ0v) is 12.2. The summed E-state index contributed by atoms with van der Waals surface area (Å²) in [7, 11) is 0. The first-order valence-corrected chi connectivity index (χ1v) is 6.79. The van der Waals surface area contributed by atoms with Crippen molar-refractivity contribution in [2.24, 2.45) is 5.41 Å². The Morgan fingerprint density at radius 2 is 1.75 bits per heavy atom. The molecule has 20 heavy (non-hydrogen) atoms. The number of hydrogen-bond acceptors (Lipinski definition) is 3. The van der Waals surface area contributed by atoms with Gasteiger partial charge in [-0.25, -0.2) is 0 Å². The first-order chi connectivity index (χ1) is 9.30. The summed E-state index contributed by atoms with van der Waals surface area (Å²) in [5.74, 6) is -0.921. The third kappa shape index (κ3) is 3.07. The SMILES string of the molecule is CC1(C)CC(=O)N(CC(=O)c2ccccc2Cl)C(=O)C1. The third-order valence-corrected chi connectivity index (χ3v) is 3.67. The smallest absolute Gasteiger partial charge is 0.230 e. The van der Waals surface area contributed by atoms with Crippen molar-refractivity contribution in [2.45, 2.75) is 26.7 Å². The second-order valence-corrected chi connectivity index (χ2v) is 6.20. The number of nitrogens with zero attached hydrogens (tertiary/aromatic N) is 1. The molecule has 0 aliphatic carbocycles. The van der Waals surface area contributed by atoms with E-state index in [-0.39, 0.29) is 42.4 Å². The number of carbonyl (C=O) groups excluding carboxylic acids is 3. The zero-order chi connectivity index (χ0) is 14.9. The average molecular weight is 294 g/mol. The Balaban J connectivity index is 2.14. The summed E-state index contributed by atoms with van der Waals surface area (Å²) in [4.78, 5) is 37.2. The number of rotatable bonds is 3. The minimum atomic E-state index is -0.335. The molecule has 4 nitrogen and oxygen atoms in total. The number of ketones is 1. The van der Waals surface area contributed by atoms with Crippen molar-refractivity contribution < 1.29 is 14.4 Å². The Hall–Kier alpha value is -1.68. The fourth-order valence-corrected chi connectivity index (χ4v) is 2.54. The molecule has 1 heterocycles. The minimum Gasteiger partial charge on any atom is -0.292 e. The van der Waals surface area contributed by atoms with Gasteiger partial charge in [0.1, 0.15) is 0 Å². The number of Topliss-reactive ketones (excluding diaryl/α,β-unsaturated/α-hetero) is 1. The van der Waals surface area contributed by atoms with E-state index in [0.29, 0.717) is 10.6 Å². The molecule has 1 aliphatic rings. The molecule has 5 heteroatoms. The van der Waals surface area contributed by atoms with Crippen LogP contribution < -0.4 is 0 Å². The Kier molecular flexibility index (Phi) is 3.95. The summed E-state index contributed by atoms with van der Waals surface area (Å²) in [5, 5.41) is 0.328. The highest BCUT2D eigenvalue weighted by Crippen LogP contribution is 2.31. The van der Waals surface area contributed by atoms with Gasteiger partial charge in [-0.3, -0.25) is 19.3 Å². The molecule has 0 spiro atoms. The first-order valence-electron chi connectivity index (χ1n) is 6.41. The highest BCUT2D eigenvalue weighted by Gasteiger charge is 2.38. The van der Waals surface area contributed by atoms with Gasteiger partial charge in [0.25, 0.3) is 0 Å². The fourth-order valence-electron chi connectivity index (χ4n) is 2.30. The van der Waals surface area contributed by atoms with Gasteiger partial charge in [-0.05, 0) is 17.5 Å². The molecule has 0 N–H and O–H groups in total. The third-order valence-electron chi connectivity index (χ3n) is 3.34. The van der Waals surface area contributed by atoms with E-state index in [2.05, 4.69) is 0 Å². The Morgan fingerprint density at radius 1 is 1.20 bits per heavy atom. The summed E-state index contributed by atoms with van der Waals surface area (Å²) in [6.45, 7) is 3.50. The summed E-state index contributed by atoms with van der Waals surface area (Å²) in [6, 6.07) is 6.62. The lowest BCUT2D eigenvalue weighted by Crippen LogP contribution is -2.48. The first kappa shape index (κ1) is 14.7. The van der Waals surface area contributed by atoms with Crippen LogP contribution in [0.2, 0.25) is 5.02 Å². The number of likely N-dealkylation sites (tertiary alicyclic amines) is 1. The maximum Gasteiger partial charge on any atom is 0.230 e. The molecule has 0 atom stereocenters. The lowest BCUT2D eigenvalue weighted by Gasteiger charge is -2.34. The van der Waals surface area contributed by atoms with Gasteiger partial charge in [-0.1, -0.05) is 37.6 Å². The minimum absolute atomic E-state index is 0.239. The van der Waals surface area contributed by atoms with Crippen molar-refractivity contribution in [2.75, 3.05) is 6.54 Å². The second kappa shape index (κ2) is 5.37. The van der Waals surface area contributed by atoms with Crippen molar-refractivity contribution in [1.29, 1.82) is 0 Å². The lowest BCUT2D eigenvalue weighted by atomic mass is 9.81. The van der Waals surface area contributed by atoms with Gasteiger partial charge in [0.15, 0.2) is 5.78 Å². The van der Waals surface area contributed by atoms with Crippen LogP contribution in [0.3, 0.4) is 0 Å². The monoisotopic (exact) mass is 293 g/mol. The van der Waals surface area contributed by atoms with E-state index in [4.69, 9.17) is 11.6 Å². The van der Waals surface area contributed by atoms with Crippen LogP contribution in [0.5, 0.6) is 0 Å². The van der Waals surface area contributed by atoms with Gasteiger partial charge >= 0.3 is 0 Å². The summed E-state index contributed by atoms with van der Waals surface area (Å²) < 4.78 is 0. The highest BCUT2D eigenvalue weighted by atomic mass is 35.5. The number of halogens is 1. The van der Waals surface area contributed by atoms with E-state index in [0.717, 1.165) is 4.90 Å². The van der Waals surface area contributed by atoms with E-state index in [1.165, 1.54) is 0 Å². The average Bonchev–Trinajstić information content (AvgIpc) is 2.33. The van der Waals surface area contributed by atoms with E-state index >= 15 is 0 Å². The van der Waals surface area contributed by atoms with E-state index in [1.807, 2.05) is 13.8 Å². The number of hydrogen-bond donors (Lipinski definition) is 0. The molecular weight excluding hydrogens is 278 g/mol. The highest BCUT2D eigenvalue weighted by molar-refractivity contribution is 6.34. The van der Waals surface area contributed by atoms with Gasteiger partial charge in [-0.15, -0.1) is 0 Å². The molecule has 0 radical (unpaired) electrons. The number of imide groups is 1. The molecule has 0 bridgehead atoms. The van der Waals surface area contributed by atoms with E-state index < -0.39 is 0 Å². The lowest BCUT2D eigenvalue weighted by molar-refractivity contribution is -0.151. The summed E-state index contributed by atoms with van der Waals surface area (Å²) in [5.41, 5.74) is -0.00225. The normalized spacial score (nSPS) is 18.2. The van der Waals surface area contributed by atoms with Crippen molar-refractivity contribution in [3.05, 3.63) is 34.9 Å². The Bertz CT molecular complexity index is 560. The van der Waals surface area contributed by atoms with Crippen LogP contribution in [0, 0.1) is 5.41 Å². The van der Waals surface area contributed by atoms with Crippen LogP contribution in [0.4, 0.5) is 0 Å². The molecule has 0 unspecified atom stereocenters. The molecule has 0 saturated carbocycles. The van der Waals surface area contributed by atoms with Crippen LogP contribution in [0.25, 0.3) is 0 Å². The van der Waals surface area contributed by atoms with Crippen LogP contribution in [0.15, 0.2) is 24.3 Å². The predicted molar refractivity (Wildman–Crippen MR) is 75.5 cm³/mol. The summed E-state index contributed by atoms with van der Waals surface area (Å²) in [6.07, 6.45) is 0.545. The van der Waals surface area contributed by atoms with E-state index in [9.17, 15) is 14.4 Å². The van der Waals surface area contributed by atoms with Gasteiger partial charge in [0, 0.05) is 18.4 Å². The molecule has 2 amide bonds. The maximum absolute atomic E-state index is 12.2. The molecule has 1 aromatic rings. The second-order valence-electron chi connectivity index (χ2n) is 5.79. The quantitative estimate of drug-likeness (QED) is 0.636. The predicted octanol–water partition coefficient (Wildman–Crippen LogP) is 2.70. The van der Waals surface area contributed by atoms with Gasteiger partial charge in [0.2, 0.25) is 11.8 Å². The Labute approximate surface area is 122 Å². The van der Waals surface area contributed by atoms with E-state index in [1.54, 1.807) is 24.3 Å². The van der Waals surface area contributed by atoms with Crippen molar-refractivity contribution in [3.63, 3.8) is 0 Å². The molecular formula is C15H16ClNO3. The van der Waals surface area contributed by atoms with Gasteiger partial charge in [-0.2, -0.15) is 0 Å². The molecule has 1 aliphatic heterocycles. The maximum atomic E-state index is 12.2. The van der Waals surface area contributed by atoms with Gasteiger partial charge < -0.3 is 0 Å². The molecule has 2 rings (SSSR count). The zero-order valence-electron chi connectivity index (χ0n) is 11.5. The van der Waals surface area contributed by atoms with Crippen molar-refractivity contribution >= 4 is 29.2 Å². The number of amides is 2. The van der Waals surface area contributed by atoms with Crippen LogP contribution in [0.1, 0.15) is 37.0 Å². The van der Waals surface area contributed by atoms with Gasteiger partial charge in [0.05, 0.1) is 11.6 Å². The van der Waals surface area contributed by atoms with Crippen LogP contribution in [-0.2, 0) is 9.59 Å². The summed E-state index contributed by atoms with van der Waals surface area (Å²) >= 11 is 5.95. The van der Waals surface area contributed by atoms with Crippen LogP contribution in [-0.4, -0.2) is 29.0 Å².